The van der Waals surface area contributed by atoms with Crippen molar-refractivity contribution in [2.24, 2.45) is 0 Å². The molecule has 2 N–H and O–H groups in total. The van der Waals surface area contributed by atoms with Crippen LogP contribution in [0.1, 0.15) is 18.1 Å². The molecular weight excluding hydrogens is 244 g/mol. The molecule has 0 aliphatic carbocycles. The third kappa shape index (κ3) is 3.34. The van der Waals surface area contributed by atoms with E-state index in [-0.39, 0.29) is 5.91 Å². The molecule has 0 aliphatic rings. The first-order chi connectivity index (χ1) is 8.65. The summed E-state index contributed by atoms with van der Waals surface area (Å²) in [7, 11) is 0. The van der Waals surface area contributed by atoms with Gasteiger partial charge in [0.25, 0.3) is 0 Å². The zero-order chi connectivity index (χ0) is 13.0. The first-order valence-electron chi connectivity index (χ1n) is 5.78. The fourth-order valence-corrected chi connectivity index (χ4v) is 2.37. The van der Waals surface area contributed by atoms with Crippen molar-refractivity contribution in [2.75, 3.05) is 10.6 Å². The van der Waals surface area contributed by atoms with Gasteiger partial charge in [-0.25, -0.2) is 0 Å². The van der Waals surface area contributed by atoms with E-state index in [9.17, 15) is 4.79 Å². The van der Waals surface area contributed by atoms with Gasteiger partial charge in [-0.15, -0.1) is 0 Å². The van der Waals surface area contributed by atoms with E-state index in [1.54, 1.807) is 11.3 Å². The molecule has 0 saturated heterocycles. The van der Waals surface area contributed by atoms with Crippen molar-refractivity contribution in [3.8, 4) is 0 Å². The number of amides is 1. The lowest BCUT2D eigenvalue weighted by atomic mass is 10.1. The molecule has 0 aliphatic heterocycles. The number of thiophene rings is 1. The van der Waals surface area contributed by atoms with E-state index < -0.39 is 0 Å². The molecule has 4 heteroatoms. The minimum absolute atomic E-state index is 0.0444. The zero-order valence-electron chi connectivity index (χ0n) is 10.5. The van der Waals surface area contributed by atoms with E-state index in [1.165, 1.54) is 12.5 Å². The lowest BCUT2D eigenvalue weighted by molar-refractivity contribution is -0.114. The van der Waals surface area contributed by atoms with Gasteiger partial charge in [0.2, 0.25) is 5.91 Å². The van der Waals surface area contributed by atoms with Crippen LogP contribution in [0.25, 0.3) is 0 Å². The Morgan fingerprint density at radius 3 is 2.78 bits per heavy atom. The topological polar surface area (TPSA) is 41.1 Å². The molecule has 0 atom stereocenters. The molecule has 3 nitrogen and oxygen atoms in total. The Kier molecular flexibility index (Phi) is 3.99. The van der Waals surface area contributed by atoms with Crippen molar-refractivity contribution in [3.63, 3.8) is 0 Å². The molecule has 2 aromatic rings. The number of benzene rings is 1. The average Bonchev–Trinajstić information content (AvgIpc) is 2.82. The summed E-state index contributed by atoms with van der Waals surface area (Å²) in [6.07, 6.45) is 0. The Bertz CT molecular complexity index is 535. The summed E-state index contributed by atoms with van der Waals surface area (Å²) in [5.41, 5.74) is 4.26. The second kappa shape index (κ2) is 5.69. The van der Waals surface area contributed by atoms with Crippen LogP contribution in [0, 0.1) is 6.92 Å². The number of nitrogens with one attached hydrogen (secondary N) is 2. The van der Waals surface area contributed by atoms with Gasteiger partial charge in [-0.3, -0.25) is 4.79 Å². The van der Waals surface area contributed by atoms with Crippen LogP contribution in [0.15, 0.2) is 35.0 Å². The molecule has 18 heavy (non-hydrogen) atoms. The monoisotopic (exact) mass is 260 g/mol. The van der Waals surface area contributed by atoms with Gasteiger partial charge in [0.15, 0.2) is 0 Å². The number of rotatable bonds is 4. The van der Waals surface area contributed by atoms with Crippen molar-refractivity contribution in [1.29, 1.82) is 0 Å². The van der Waals surface area contributed by atoms with Crippen molar-refractivity contribution in [3.05, 3.63) is 46.2 Å². The number of carbonyl (C=O) groups excluding carboxylic acids is 1. The van der Waals surface area contributed by atoms with Gasteiger partial charge in [0.1, 0.15) is 0 Å². The van der Waals surface area contributed by atoms with E-state index >= 15 is 0 Å². The Hall–Kier alpha value is -1.81. The van der Waals surface area contributed by atoms with Gasteiger partial charge in [0, 0.05) is 24.8 Å². The molecule has 1 aromatic carbocycles. The minimum atomic E-state index is -0.0444. The quantitative estimate of drug-likeness (QED) is 0.881. The third-order valence-electron chi connectivity index (χ3n) is 2.61. The van der Waals surface area contributed by atoms with E-state index in [1.807, 2.05) is 25.1 Å². The largest absolute Gasteiger partial charge is 0.381 e. The second-order valence-corrected chi connectivity index (χ2v) is 4.98. The smallest absolute Gasteiger partial charge is 0.221 e. The summed E-state index contributed by atoms with van der Waals surface area (Å²) in [6.45, 7) is 4.33. The van der Waals surface area contributed by atoms with Crippen LogP contribution in [0.2, 0.25) is 0 Å². The van der Waals surface area contributed by atoms with Gasteiger partial charge in [-0.05, 0) is 53.1 Å². The second-order valence-electron chi connectivity index (χ2n) is 4.20. The molecular formula is C14H16N2OS. The minimum Gasteiger partial charge on any atom is -0.381 e. The Morgan fingerprint density at radius 2 is 2.17 bits per heavy atom. The maximum Gasteiger partial charge on any atom is 0.221 e. The van der Waals surface area contributed by atoms with Gasteiger partial charge in [-0.2, -0.15) is 11.3 Å². The van der Waals surface area contributed by atoms with E-state index in [0.717, 1.165) is 23.5 Å². The van der Waals surface area contributed by atoms with Crippen LogP contribution >= 0.6 is 11.3 Å². The molecule has 0 radical (unpaired) electrons. The normalized spacial score (nSPS) is 10.1. The SMILES string of the molecule is CC(=O)Nc1ccc(NCc2ccsc2)cc1C. The molecule has 94 valence electrons. The highest BCUT2D eigenvalue weighted by atomic mass is 32.1. The van der Waals surface area contributed by atoms with Crippen LogP contribution in [0.5, 0.6) is 0 Å². The molecule has 0 spiro atoms. The third-order valence-corrected chi connectivity index (χ3v) is 3.35. The first kappa shape index (κ1) is 12.6. The molecule has 0 bridgehead atoms. The first-order valence-corrected chi connectivity index (χ1v) is 6.72. The van der Waals surface area contributed by atoms with Crippen LogP contribution < -0.4 is 10.6 Å². The lowest BCUT2D eigenvalue weighted by Gasteiger charge is -2.10. The fraction of sp³-hybridized carbons (Fsp3) is 0.214. The highest BCUT2D eigenvalue weighted by Crippen LogP contribution is 2.20. The number of anilines is 2. The van der Waals surface area contributed by atoms with Gasteiger partial charge in [-0.1, -0.05) is 0 Å². The van der Waals surface area contributed by atoms with Crippen molar-refractivity contribution >= 4 is 28.6 Å². The van der Waals surface area contributed by atoms with Gasteiger partial charge in [0.05, 0.1) is 0 Å². The van der Waals surface area contributed by atoms with Gasteiger partial charge < -0.3 is 10.6 Å². The van der Waals surface area contributed by atoms with Crippen LogP contribution in [0.4, 0.5) is 11.4 Å². The highest BCUT2D eigenvalue weighted by molar-refractivity contribution is 7.07. The predicted octanol–water partition coefficient (Wildman–Crippen LogP) is 3.63. The fourth-order valence-electron chi connectivity index (χ4n) is 1.70. The molecule has 1 heterocycles. The summed E-state index contributed by atoms with van der Waals surface area (Å²) >= 11 is 1.70. The van der Waals surface area contributed by atoms with Crippen LogP contribution in [-0.4, -0.2) is 5.91 Å². The zero-order valence-corrected chi connectivity index (χ0v) is 11.3. The number of carbonyl (C=O) groups is 1. The molecule has 1 aromatic heterocycles. The lowest BCUT2D eigenvalue weighted by Crippen LogP contribution is -2.07. The van der Waals surface area contributed by atoms with E-state index in [0.29, 0.717) is 0 Å². The molecule has 0 saturated carbocycles. The summed E-state index contributed by atoms with van der Waals surface area (Å²) in [5, 5.41) is 10.4. The summed E-state index contributed by atoms with van der Waals surface area (Å²) in [4.78, 5) is 11.0. The predicted molar refractivity (Wildman–Crippen MR) is 77.1 cm³/mol. The Morgan fingerprint density at radius 1 is 1.33 bits per heavy atom. The average molecular weight is 260 g/mol. The molecule has 0 fully saturated rings. The Labute approximate surface area is 111 Å². The summed E-state index contributed by atoms with van der Waals surface area (Å²) in [5.74, 6) is -0.0444. The standard InChI is InChI=1S/C14H16N2OS/c1-10-7-13(3-4-14(10)16-11(2)17)15-8-12-5-6-18-9-12/h3-7,9,15H,8H2,1-2H3,(H,16,17). The molecule has 2 rings (SSSR count). The number of aryl methyl sites for hydroxylation is 1. The molecule has 1 amide bonds. The van der Waals surface area contributed by atoms with Crippen molar-refractivity contribution in [1.82, 2.24) is 0 Å². The van der Waals surface area contributed by atoms with Crippen LogP contribution in [-0.2, 0) is 11.3 Å². The maximum absolute atomic E-state index is 11.0. The Balaban J connectivity index is 2.02. The molecule has 0 unspecified atom stereocenters. The van der Waals surface area contributed by atoms with Gasteiger partial charge >= 0.3 is 0 Å². The van der Waals surface area contributed by atoms with Crippen LogP contribution in [0.3, 0.4) is 0 Å². The summed E-state index contributed by atoms with van der Waals surface area (Å²) < 4.78 is 0. The number of hydrogen-bond acceptors (Lipinski definition) is 3. The van der Waals surface area contributed by atoms with Crippen molar-refractivity contribution < 1.29 is 4.79 Å². The summed E-state index contributed by atoms with van der Waals surface area (Å²) in [6, 6.07) is 8.05. The van der Waals surface area contributed by atoms with E-state index in [4.69, 9.17) is 0 Å². The highest BCUT2D eigenvalue weighted by Gasteiger charge is 2.01. The van der Waals surface area contributed by atoms with Crippen molar-refractivity contribution in [2.45, 2.75) is 20.4 Å². The number of hydrogen-bond donors (Lipinski definition) is 2. The maximum atomic E-state index is 11.0. The van der Waals surface area contributed by atoms with E-state index in [2.05, 4.69) is 27.5 Å².